The van der Waals surface area contributed by atoms with E-state index < -0.39 is 0 Å². The van der Waals surface area contributed by atoms with E-state index >= 15 is 0 Å². The molecule has 3 rings (SSSR count). The lowest BCUT2D eigenvalue weighted by Gasteiger charge is -2.29. The van der Waals surface area contributed by atoms with Crippen LogP contribution in [0.5, 0.6) is 0 Å². The molecule has 0 bridgehead atoms. The molecule has 1 heterocycles. The van der Waals surface area contributed by atoms with E-state index in [1.807, 2.05) is 25.1 Å². The number of methoxy groups -OCH3 is 1. The minimum absolute atomic E-state index is 0.135. The molecule has 0 saturated heterocycles. The lowest BCUT2D eigenvalue weighted by atomic mass is 9.77. The molecular formula is C33H43NO4S. The van der Waals surface area contributed by atoms with E-state index in [-0.39, 0.29) is 36.2 Å². The van der Waals surface area contributed by atoms with Crippen LogP contribution in [-0.2, 0) is 19.7 Å². The Morgan fingerprint density at radius 2 is 1.85 bits per heavy atom. The summed E-state index contributed by atoms with van der Waals surface area (Å²) in [7, 11) is 1.34. The number of amides is 1. The standard InChI is InChI=1S/C33H43NO4S/c1-8-9-10-25(28-15-16-29(39-28)32(36)34-18-17-30(35)37-7)21-38-27-19-22(2)31(23(3)20-27)24-11-13-26(14-12-24)33(4,5)6/h8-9,11-16,19-20,22,25,31H,10,17-18,21H2,1-7H3,(H,34,36)/b9-8+. The fourth-order valence-electron chi connectivity index (χ4n) is 4.90. The van der Waals surface area contributed by atoms with Crippen LogP contribution < -0.4 is 5.32 Å². The molecule has 1 aliphatic carbocycles. The molecule has 1 aromatic heterocycles. The van der Waals surface area contributed by atoms with Gasteiger partial charge in [0.2, 0.25) is 0 Å². The monoisotopic (exact) mass is 549 g/mol. The van der Waals surface area contributed by atoms with E-state index in [1.165, 1.54) is 35.1 Å². The Morgan fingerprint density at radius 3 is 2.46 bits per heavy atom. The topological polar surface area (TPSA) is 64.6 Å². The summed E-state index contributed by atoms with van der Waals surface area (Å²) < 4.78 is 11.0. The smallest absolute Gasteiger partial charge is 0.307 e. The average molecular weight is 550 g/mol. The van der Waals surface area contributed by atoms with Gasteiger partial charge in [0.1, 0.15) is 5.76 Å². The maximum Gasteiger partial charge on any atom is 0.307 e. The quantitative estimate of drug-likeness (QED) is 0.231. The molecule has 0 radical (unpaired) electrons. The van der Waals surface area contributed by atoms with Crippen molar-refractivity contribution in [3.8, 4) is 0 Å². The van der Waals surface area contributed by atoms with Crippen molar-refractivity contribution < 1.29 is 19.1 Å². The highest BCUT2D eigenvalue weighted by atomic mass is 32.1. The molecule has 3 unspecified atom stereocenters. The van der Waals surface area contributed by atoms with Crippen molar-refractivity contribution in [1.29, 1.82) is 0 Å². The van der Waals surface area contributed by atoms with Crippen LogP contribution in [0.2, 0.25) is 0 Å². The van der Waals surface area contributed by atoms with Crippen LogP contribution in [0.1, 0.15) is 91.9 Å². The first kappa shape index (κ1) is 30.4. The van der Waals surface area contributed by atoms with Gasteiger partial charge in [0, 0.05) is 23.3 Å². The van der Waals surface area contributed by atoms with Crippen LogP contribution >= 0.6 is 11.3 Å². The van der Waals surface area contributed by atoms with Gasteiger partial charge in [-0.25, -0.2) is 0 Å². The summed E-state index contributed by atoms with van der Waals surface area (Å²) in [5.74, 6) is 1.18. The highest BCUT2D eigenvalue weighted by molar-refractivity contribution is 7.14. The second kappa shape index (κ2) is 13.8. The summed E-state index contributed by atoms with van der Waals surface area (Å²) >= 11 is 1.48. The summed E-state index contributed by atoms with van der Waals surface area (Å²) in [6.07, 6.45) is 9.57. The number of hydrogen-bond acceptors (Lipinski definition) is 5. The number of nitrogens with one attached hydrogen (secondary N) is 1. The molecule has 5 nitrogen and oxygen atoms in total. The first-order valence-electron chi connectivity index (χ1n) is 13.7. The van der Waals surface area contributed by atoms with Gasteiger partial charge in [-0.15, -0.1) is 11.3 Å². The average Bonchev–Trinajstić information content (AvgIpc) is 3.38. The van der Waals surface area contributed by atoms with Crippen LogP contribution in [0.4, 0.5) is 0 Å². The molecule has 210 valence electrons. The Hall–Kier alpha value is -3.12. The Labute approximate surface area is 238 Å². The number of allylic oxidation sites excluding steroid dienone is 5. The second-order valence-corrected chi connectivity index (χ2v) is 12.4. The molecule has 0 saturated carbocycles. The number of thiophene rings is 1. The molecule has 6 heteroatoms. The first-order chi connectivity index (χ1) is 18.5. The Morgan fingerprint density at radius 1 is 1.13 bits per heavy atom. The second-order valence-electron chi connectivity index (χ2n) is 11.3. The van der Waals surface area contributed by atoms with Gasteiger partial charge in [-0.05, 0) is 67.0 Å². The third-order valence-electron chi connectivity index (χ3n) is 7.15. The van der Waals surface area contributed by atoms with Gasteiger partial charge in [-0.3, -0.25) is 9.59 Å². The predicted molar refractivity (Wildman–Crippen MR) is 160 cm³/mol. The van der Waals surface area contributed by atoms with Gasteiger partial charge < -0.3 is 14.8 Å². The zero-order valence-corrected chi connectivity index (χ0v) is 25.2. The zero-order valence-electron chi connectivity index (χ0n) is 24.4. The molecule has 39 heavy (non-hydrogen) atoms. The fraction of sp³-hybridized carbons (Fsp3) is 0.455. The Kier molecular flexibility index (Phi) is 10.8. The number of ether oxygens (including phenoxy) is 2. The van der Waals surface area contributed by atoms with Gasteiger partial charge in [0.15, 0.2) is 0 Å². The van der Waals surface area contributed by atoms with Gasteiger partial charge in [0.25, 0.3) is 5.91 Å². The van der Waals surface area contributed by atoms with E-state index in [0.717, 1.165) is 17.1 Å². The van der Waals surface area contributed by atoms with Crippen LogP contribution in [0, 0.1) is 5.92 Å². The molecule has 0 fully saturated rings. The van der Waals surface area contributed by atoms with Crippen LogP contribution in [0.3, 0.4) is 0 Å². The largest absolute Gasteiger partial charge is 0.493 e. The van der Waals surface area contributed by atoms with Crippen molar-refractivity contribution in [3.63, 3.8) is 0 Å². The Balaban J connectivity index is 1.65. The summed E-state index contributed by atoms with van der Waals surface area (Å²) in [5, 5.41) is 2.79. The van der Waals surface area contributed by atoms with Gasteiger partial charge in [-0.2, -0.15) is 0 Å². The molecule has 1 amide bonds. The lowest BCUT2D eigenvalue weighted by molar-refractivity contribution is -0.140. The number of esters is 1. The van der Waals surface area contributed by atoms with E-state index in [2.05, 4.69) is 87.2 Å². The summed E-state index contributed by atoms with van der Waals surface area (Å²) in [5.41, 5.74) is 4.12. The highest BCUT2D eigenvalue weighted by Gasteiger charge is 2.26. The third-order valence-corrected chi connectivity index (χ3v) is 8.40. The normalized spacial score (nSPS) is 18.3. The minimum Gasteiger partial charge on any atom is -0.493 e. The molecule has 1 aliphatic rings. The summed E-state index contributed by atoms with van der Waals surface area (Å²) in [4.78, 5) is 25.6. The summed E-state index contributed by atoms with van der Waals surface area (Å²) in [6, 6.07) is 12.9. The highest BCUT2D eigenvalue weighted by Crippen LogP contribution is 2.39. The van der Waals surface area contributed by atoms with Crippen LogP contribution in [0.25, 0.3) is 0 Å². The number of hydrogen-bond donors (Lipinski definition) is 1. The fourth-order valence-corrected chi connectivity index (χ4v) is 5.93. The predicted octanol–water partition coefficient (Wildman–Crippen LogP) is 7.67. The number of benzene rings is 1. The van der Waals surface area contributed by atoms with Crippen molar-refractivity contribution in [2.24, 2.45) is 5.92 Å². The lowest BCUT2D eigenvalue weighted by Crippen LogP contribution is -2.25. The third kappa shape index (κ3) is 8.43. The van der Waals surface area contributed by atoms with Gasteiger partial charge in [0.05, 0.1) is 25.0 Å². The van der Waals surface area contributed by atoms with Gasteiger partial charge >= 0.3 is 5.97 Å². The molecule has 2 aromatic rings. The minimum atomic E-state index is -0.342. The number of rotatable bonds is 11. The molecular weight excluding hydrogens is 506 g/mol. The van der Waals surface area contributed by atoms with Crippen molar-refractivity contribution in [3.05, 3.63) is 92.9 Å². The number of carbonyl (C=O) groups is 2. The van der Waals surface area contributed by atoms with Crippen molar-refractivity contribution in [2.45, 2.75) is 71.6 Å². The summed E-state index contributed by atoms with van der Waals surface area (Å²) in [6.45, 7) is 14.0. The Bertz CT molecular complexity index is 1210. The van der Waals surface area contributed by atoms with Crippen LogP contribution in [-0.4, -0.2) is 32.1 Å². The first-order valence-corrected chi connectivity index (χ1v) is 14.5. The van der Waals surface area contributed by atoms with Crippen molar-refractivity contribution >= 4 is 23.2 Å². The van der Waals surface area contributed by atoms with Crippen molar-refractivity contribution in [2.75, 3.05) is 20.3 Å². The van der Waals surface area contributed by atoms with E-state index in [9.17, 15) is 9.59 Å². The maximum absolute atomic E-state index is 12.5. The number of carbonyl (C=O) groups excluding carboxylic acids is 2. The maximum atomic E-state index is 12.5. The molecule has 0 aliphatic heterocycles. The molecule has 1 aromatic carbocycles. The van der Waals surface area contributed by atoms with Gasteiger partial charge in [-0.1, -0.05) is 69.7 Å². The van der Waals surface area contributed by atoms with E-state index in [4.69, 9.17) is 4.74 Å². The molecule has 0 spiro atoms. The zero-order chi connectivity index (χ0) is 28.6. The SMILES string of the molecule is C/C=C/CC(COC1=CC(C)C(c2ccc(C(C)(C)C)cc2)C(C)=C1)c1ccc(C(=O)NCCC(=O)OC)s1. The van der Waals surface area contributed by atoms with Crippen LogP contribution in [0.15, 0.2) is 72.0 Å². The van der Waals surface area contributed by atoms with E-state index in [1.54, 1.807) is 0 Å². The van der Waals surface area contributed by atoms with Crippen molar-refractivity contribution in [1.82, 2.24) is 5.32 Å². The molecule has 3 atom stereocenters. The molecule has 1 N–H and O–H groups in total. The van der Waals surface area contributed by atoms with E-state index in [0.29, 0.717) is 23.3 Å².